The summed E-state index contributed by atoms with van der Waals surface area (Å²) in [5, 5.41) is 2.55. The zero-order valence-electron chi connectivity index (χ0n) is 18.3. The van der Waals surface area contributed by atoms with Crippen molar-refractivity contribution in [2.24, 2.45) is 5.92 Å². The van der Waals surface area contributed by atoms with Crippen molar-refractivity contribution in [3.05, 3.63) is 29.6 Å². The maximum absolute atomic E-state index is 14.2. The first-order valence-electron chi connectivity index (χ1n) is 10.7. The molecule has 0 heterocycles. The van der Waals surface area contributed by atoms with Crippen LogP contribution in [0.5, 0.6) is 0 Å². The molecule has 30 heavy (non-hydrogen) atoms. The highest BCUT2D eigenvalue weighted by atomic mass is 32.2. The summed E-state index contributed by atoms with van der Waals surface area (Å²) >= 11 is 1.67. The van der Waals surface area contributed by atoms with Gasteiger partial charge in [-0.15, -0.1) is 0 Å². The molecule has 1 fully saturated rings. The molecular formula is C22H35FN4O2S. The summed E-state index contributed by atoms with van der Waals surface area (Å²) in [4.78, 5) is 25.8. The van der Waals surface area contributed by atoms with Crippen molar-refractivity contribution in [1.82, 2.24) is 14.9 Å². The van der Waals surface area contributed by atoms with Gasteiger partial charge in [-0.05, 0) is 56.2 Å². The second kappa shape index (κ2) is 12.8. The fraction of sp³-hybridized carbons (Fsp3) is 0.636. The average Bonchev–Trinajstić information content (AvgIpc) is 3.55. The van der Waals surface area contributed by atoms with Crippen LogP contribution in [-0.2, 0) is 4.79 Å². The number of hydrogen-bond donors (Lipinski definition) is 2. The van der Waals surface area contributed by atoms with E-state index in [4.69, 9.17) is 0 Å². The molecule has 6 nitrogen and oxygen atoms in total. The molecule has 0 spiro atoms. The van der Waals surface area contributed by atoms with Gasteiger partial charge in [0.15, 0.2) is 0 Å². The Morgan fingerprint density at radius 2 is 2.10 bits per heavy atom. The van der Waals surface area contributed by atoms with Gasteiger partial charge in [0.25, 0.3) is 0 Å². The summed E-state index contributed by atoms with van der Waals surface area (Å²) in [5.41, 5.74) is 1.76. The maximum atomic E-state index is 14.2. The summed E-state index contributed by atoms with van der Waals surface area (Å²) in [6.07, 6.45) is 6.13. The summed E-state index contributed by atoms with van der Waals surface area (Å²) in [5.74, 6) is 1.50. The normalized spacial score (nSPS) is 14.3. The zero-order chi connectivity index (χ0) is 21.9. The molecule has 1 unspecified atom stereocenters. The van der Waals surface area contributed by atoms with Crippen LogP contribution >= 0.6 is 11.9 Å². The van der Waals surface area contributed by atoms with Crippen molar-refractivity contribution < 1.29 is 14.0 Å². The highest BCUT2D eigenvalue weighted by molar-refractivity contribution is 7.97. The SMILES string of the molecule is CNC(=O)N(CC=O)CCCCCSNC(C)c1ccc(F)c(N(C)CC2CC2)c1. The standard InChI is InChI=1S/C22H35FN4O2S/c1-17(19-9-10-20(23)21(15-19)26(3)16-18-7-8-18)25-30-14-6-4-5-11-27(12-13-28)22(29)24-2/h9-10,13,15,17-18,25H,4-8,11-12,14,16H2,1-3H3,(H,24,29). The van der Waals surface area contributed by atoms with E-state index in [0.717, 1.165) is 43.4 Å². The van der Waals surface area contributed by atoms with Crippen LogP contribution in [0.3, 0.4) is 0 Å². The van der Waals surface area contributed by atoms with E-state index in [1.165, 1.54) is 17.7 Å². The fourth-order valence-corrected chi connectivity index (χ4v) is 4.16. The van der Waals surface area contributed by atoms with Gasteiger partial charge in [-0.2, -0.15) is 0 Å². The minimum atomic E-state index is -0.214. The Bertz CT molecular complexity index is 687. The van der Waals surface area contributed by atoms with Crippen molar-refractivity contribution >= 4 is 30.0 Å². The van der Waals surface area contributed by atoms with E-state index < -0.39 is 0 Å². The smallest absolute Gasteiger partial charge is 0.317 e. The molecule has 2 amide bonds. The van der Waals surface area contributed by atoms with Gasteiger partial charge in [-0.25, -0.2) is 9.18 Å². The Morgan fingerprint density at radius 3 is 2.77 bits per heavy atom. The summed E-state index contributed by atoms with van der Waals surface area (Å²) in [6, 6.07) is 5.28. The van der Waals surface area contributed by atoms with Crippen molar-refractivity contribution in [3.63, 3.8) is 0 Å². The molecule has 1 aromatic carbocycles. The van der Waals surface area contributed by atoms with Gasteiger partial charge >= 0.3 is 6.03 Å². The number of benzene rings is 1. The van der Waals surface area contributed by atoms with Gasteiger partial charge in [0.2, 0.25) is 0 Å². The molecule has 0 radical (unpaired) electrons. The van der Waals surface area contributed by atoms with Crippen LogP contribution < -0.4 is 14.9 Å². The van der Waals surface area contributed by atoms with Gasteiger partial charge < -0.3 is 19.9 Å². The Kier molecular flexibility index (Phi) is 10.4. The van der Waals surface area contributed by atoms with Crippen molar-refractivity contribution in [3.8, 4) is 0 Å². The number of carbonyl (C=O) groups excluding carboxylic acids is 2. The molecule has 2 rings (SSSR count). The third-order valence-electron chi connectivity index (χ3n) is 5.34. The zero-order valence-corrected chi connectivity index (χ0v) is 19.1. The van der Waals surface area contributed by atoms with E-state index >= 15 is 0 Å². The molecule has 1 saturated carbocycles. The number of rotatable bonds is 14. The van der Waals surface area contributed by atoms with Crippen LogP contribution in [0.25, 0.3) is 0 Å². The van der Waals surface area contributed by atoms with Crippen LogP contribution in [0, 0.1) is 11.7 Å². The molecule has 1 aromatic rings. The molecule has 1 atom stereocenters. The molecule has 1 aliphatic rings. The monoisotopic (exact) mass is 438 g/mol. The van der Waals surface area contributed by atoms with Crippen LogP contribution in [0.15, 0.2) is 18.2 Å². The third kappa shape index (κ3) is 8.14. The minimum Gasteiger partial charge on any atom is -0.372 e. The molecule has 0 aliphatic heterocycles. The minimum absolute atomic E-state index is 0.125. The van der Waals surface area contributed by atoms with Crippen LogP contribution in [0.4, 0.5) is 14.9 Å². The summed E-state index contributed by atoms with van der Waals surface area (Å²) in [6.45, 7) is 3.72. The van der Waals surface area contributed by atoms with Crippen molar-refractivity contribution in [2.75, 3.05) is 44.4 Å². The van der Waals surface area contributed by atoms with Crippen LogP contribution in [0.2, 0.25) is 0 Å². The Labute approximate surface area is 184 Å². The van der Waals surface area contributed by atoms with Crippen molar-refractivity contribution in [1.29, 1.82) is 0 Å². The first kappa shape index (κ1) is 24.5. The Morgan fingerprint density at radius 1 is 1.33 bits per heavy atom. The number of urea groups is 1. The molecule has 0 bridgehead atoms. The third-order valence-corrected chi connectivity index (χ3v) is 6.35. The quantitative estimate of drug-likeness (QED) is 0.261. The van der Waals surface area contributed by atoms with Gasteiger partial charge in [-0.1, -0.05) is 24.4 Å². The molecular weight excluding hydrogens is 403 g/mol. The van der Waals surface area contributed by atoms with Crippen molar-refractivity contribution in [2.45, 2.75) is 45.1 Å². The summed E-state index contributed by atoms with van der Waals surface area (Å²) < 4.78 is 17.7. The van der Waals surface area contributed by atoms with E-state index in [2.05, 4.69) is 17.0 Å². The van der Waals surface area contributed by atoms with Crippen LogP contribution in [0.1, 0.15) is 50.6 Å². The second-order valence-corrected chi connectivity index (χ2v) is 8.88. The molecule has 168 valence electrons. The van der Waals surface area contributed by atoms with E-state index in [-0.39, 0.29) is 24.4 Å². The number of nitrogens with zero attached hydrogens (tertiary/aromatic N) is 2. The lowest BCUT2D eigenvalue weighted by molar-refractivity contribution is -0.108. The van der Waals surface area contributed by atoms with E-state index in [0.29, 0.717) is 18.2 Å². The average molecular weight is 439 g/mol. The first-order chi connectivity index (χ1) is 14.5. The lowest BCUT2D eigenvalue weighted by Crippen LogP contribution is -2.39. The Balaban J connectivity index is 1.67. The predicted octanol–water partition coefficient (Wildman–Crippen LogP) is 3.98. The molecule has 2 N–H and O–H groups in total. The number of amides is 2. The number of unbranched alkanes of at least 4 members (excludes halogenated alkanes) is 2. The van der Waals surface area contributed by atoms with Crippen LogP contribution in [-0.4, -0.2) is 56.7 Å². The number of aldehydes is 1. The molecule has 8 heteroatoms. The van der Waals surface area contributed by atoms with Gasteiger partial charge in [0, 0.05) is 39.0 Å². The molecule has 0 saturated heterocycles. The number of anilines is 1. The first-order valence-corrected chi connectivity index (χ1v) is 11.7. The maximum Gasteiger partial charge on any atom is 0.317 e. The van der Waals surface area contributed by atoms with Gasteiger partial charge in [-0.3, -0.25) is 4.72 Å². The van der Waals surface area contributed by atoms with E-state index in [9.17, 15) is 14.0 Å². The molecule has 0 aromatic heterocycles. The number of carbonyl (C=O) groups is 2. The topological polar surface area (TPSA) is 64.7 Å². The lowest BCUT2D eigenvalue weighted by Gasteiger charge is -2.22. The second-order valence-electron chi connectivity index (χ2n) is 7.95. The molecule has 1 aliphatic carbocycles. The van der Waals surface area contributed by atoms with Gasteiger partial charge in [0.05, 0.1) is 12.2 Å². The fourth-order valence-electron chi connectivity index (χ4n) is 3.31. The Hall–Kier alpha value is -1.80. The van der Waals surface area contributed by atoms with Gasteiger partial charge in [0.1, 0.15) is 12.1 Å². The number of nitrogens with one attached hydrogen (secondary N) is 2. The largest absolute Gasteiger partial charge is 0.372 e. The van der Waals surface area contributed by atoms with E-state index in [1.54, 1.807) is 25.1 Å². The highest BCUT2D eigenvalue weighted by Gasteiger charge is 2.24. The number of hydrogen-bond acceptors (Lipinski definition) is 5. The predicted molar refractivity (Wildman–Crippen MR) is 122 cm³/mol. The lowest BCUT2D eigenvalue weighted by atomic mass is 10.1. The number of halogens is 1. The highest BCUT2D eigenvalue weighted by Crippen LogP contribution is 2.32. The summed E-state index contributed by atoms with van der Waals surface area (Å²) in [7, 11) is 3.53. The van der Waals surface area contributed by atoms with E-state index in [1.807, 2.05) is 24.1 Å².